The van der Waals surface area contributed by atoms with E-state index in [2.05, 4.69) is 19.2 Å². The van der Waals surface area contributed by atoms with Crippen LogP contribution in [0.3, 0.4) is 0 Å². The maximum Gasteiger partial charge on any atom is 0.0178 e. The number of rotatable bonds is 4. The normalized spacial score (nSPS) is 30.0. The molecular formula is C12H25N. The molecule has 1 rings (SSSR count). The molecule has 1 atom stereocenters. The van der Waals surface area contributed by atoms with Gasteiger partial charge in [0.05, 0.1) is 0 Å². The molecule has 1 aliphatic rings. The van der Waals surface area contributed by atoms with Crippen molar-refractivity contribution in [1.82, 2.24) is 5.32 Å². The van der Waals surface area contributed by atoms with Crippen LogP contribution < -0.4 is 5.32 Å². The smallest absolute Gasteiger partial charge is 0.0178 e. The van der Waals surface area contributed by atoms with Gasteiger partial charge in [-0.1, -0.05) is 39.5 Å². The zero-order chi connectivity index (χ0) is 9.57. The molecule has 1 saturated heterocycles. The molecule has 1 fully saturated rings. The van der Waals surface area contributed by atoms with Crippen LogP contribution in [0.1, 0.15) is 65.2 Å². The molecule has 0 amide bonds. The lowest BCUT2D eigenvalue weighted by atomic mass is 9.85. The molecule has 1 N–H and O–H groups in total. The maximum atomic E-state index is 3.78. The Bertz CT molecular complexity index is 123. The molecule has 0 aliphatic carbocycles. The Kier molecular flexibility index (Phi) is 4.79. The molecule has 1 heterocycles. The number of hydrogen-bond donors (Lipinski definition) is 1. The average Bonchev–Trinajstić information content (AvgIpc) is 2.41. The first-order valence-electron chi connectivity index (χ1n) is 6.08. The minimum atomic E-state index is 0.506. The van der Waals surface area contributed by atoms with Crippen LogP contribution in [-0.4, -0.2) is 12.1 Å². The topological polar surface area (TPSA) is 12.0 Å². The molecule has 0 bridgehead atoms. The second-order valence-electron chi connectivity index (χ2n) is 4.47. The summed E-state index contributed by atoms with van der Waals surface area (Å²) in [7, 11) is 0. The minimum Gasteiger partial charge on any atom is -0.311 e. The molecule has 0 spiro atoms. The molecule has 0 aromatic heterocycles. The van der Waals surface area contributed by atoms with Crippen molar-refractivity contribution in [3.63, 3.8) is 0 Å². The van der Waals surface area contributed by atoms with Crippen LogP contribution in [0.2, 0.25) is 0 Å². The van der Waals surface area contributed by atoms with Gasteiger partial charge in [-0.3, -0.25) is 0 Å². The molecule has 1 aliphatic heterocycles. The molecule has 0 aromatic carbocycles. The van der Waals surface area contributed by atoms with Crippen molar-refractivity contribution in [2.24, 2.45) is 0 Å². The molecule has 0 saturated carbocycles. The van der Waals surface area contributed by atoms with Crippen LogP contribution in [0.4, 0.5) is 0 Å². The fourth-order valence-corrected chi connectivity index (χ4v) is 2.41. The third kappa shape index (κ3) is 3.30. The van der Waals surface area contributed by atoms with Crippen LogP contribution in [0.25, 0.3) is 0 Å². The highest BCUT2D eigenvalue weighted by Gasteiger charge is 2.27. The summed E-state index contributed by atoms with van der Waals surface area (Å²) in [6, 6.07) is 0. The Morgan fingerprint density at radius 3 is 2.69 bits per heavy atom. The first kappa shape index (κ1) is 11.0. The first-order valence-corrected chi connectivity index (χ1v) is 6.08. The summed E-state index contributed by atoms with van der Waals surface area (Å²) >= 11 is 0. The van der Waals surface area contributed by atoms with Gasteiger partial charge in [0.15, 0.2) is 0 Å². The molecule has 0 radical (unpaired) electrons. The second-order valence-corrected chi connectivity index (χ2v) is 4.47. The fraction of sp³-hybridized carbons (Fsp3) is 1.00. The zero-order valence-corrected chi connectivity index (χ0v) is 9.36. The summed E-state index contributed by atoms with van der Waals surface area (Å²) in [5, 5.41) is 3.78. The Morgan fingerprint density at radius 1 is 1.15 bits per heavy atom. The van der Waals surface area contributed by atoms with Crippen molar-refractivity contribution in [3.05, 3.63) is 0 Å². The highest BCUT2D eigenvalue weighted by Crippen LogP contribution is 2.27. The van der Waals surface area contributed by atoms with Crippen molar-refractivity contribution >= 4 is 0 Å². The molecule has 13 heavy (non-hydrogen) atoms. The second kappa shape index (κ2) is 5.64. The van der Waals surface area contributed by atoms with Gasteiger partial charge in [0.25, 0.3) is 0 Å². The summed E-state index contributed by atoms with van der Waals surface area (Å²) in [5.74, 6) is 0. The van der Waals surface area contributed by atoms with E-state index in [1.54, 1.807) is 0 Å². The summed E-state index contributed by atoms with van der Waals surface area (Å²) in [6.45, 7) is 5.88. The lowest BCUT2D eigenvalue weighted by Crippen LogP contribution is -2.43. The van der Waals surface area contributed by atoms with E-state index in [-0.39, 0.29) is 0 Å². The Hall–Kier alpha value is -0.0400. The Morgan fingerprint density at radius 2 is 2.00 bits per heavy atom. The summed E-state index contributed by atoms with van der Waals surface area (Å²) in [6.07, 6.45) is 11.1. The maximum absolute atomic E-state index is 3.78. The van der Waals surface area contributed by atoms with E-state index >= 15 is 0 Å². The van der Waals surface area contributed by atoms with Crippen molar-refractivity contribution in [1.29, 1.82) is 0 Å². The Labute approximate surface area is 83.3 Å². The van der Waals surface area contributed by atoms with E-state index in [0.29, 0.717) is 5.54 Å². The van der Waals surface area contributed by atoms with Gasteiger partial charge in [0.2, 0.25) is 0 Å². The predicted octanol–water partition coefficient (Wildman–Crippen LogP) is 3.49. The highest BCUT2D eigenvalue weighted by atomic mass is 15.0. The minimum absolute atomic E-state index is 0.506. The standard InChI is InChI=1S/C12H25N/c1-3-5-9-12(4-2)10-7-6-8-11-13-12/h13H,3-11H2,1-2H3. The zero-order valence-electron chi connectivity index (χ0n) is 9.36. The largest absolute Gasteiger partial charge is 0.311 e. The van der Waals surface area contributed by atoms with E-state index in [4.69, 9.17) is 0 Å². The number of unbranched alkanes of at least 4 members (excludes halogenated alkanes) is 1. The van der Waals surface area contributed by atoms with Crippen molar-refractivity contribution in [2.75, 3.05) is 6.54 Å². The molecule has 1 nitrogen and oxygen atoms in total. The third-order valence-corrected chi connectivity index (χ3v) is 3.52. The van der Waals surface area contributed by atoms with Gasteiger partial charge in [-0.15, -0.1) is 0 Å². The van der Waals surface area contributed by atoms with Crippen LogP contribution >= 0.6 is 0 Å². The lowest BCUT2D eigenvalue weighted by molar-refractivity contribution is 0.276. The van der Waals surface area contributed by atoms with E-state index in [0.717, 1.165) is 0 Å². The fourth-order valence-electron chi connectivity index (χ4n) is 2.41. The Balaban J connectivity index is 2.43. The van der Waals surface area contributed by atoms with Crippen molar-refractivity contribution < 1.29 is 0 Å². The third-order valence-electron chi connectivity index (χ3n) is 3.52. The molecule has 78 valence electrons. The summed E-state index contributed by atoms with van der Waals surface area (Å²) in [5.41, 5.74) is 0.506. The van der Waals surface area contributed by atoms with Gasteiger partial charge >= 0.3 is 0 Å². The van der Waals surface area contributed by atoms with Gasteiger partial charge in [-0.25, -0.2) is 0 Å². The van der Waals surface area contributed by atoms with Gasteiger partial charge in [0.1, 0.15) is 0 Å². The van der Waals surface area contributed by atoms with Gasteiger partial charge in [-0.2, -0.15) is 0 Å². The van der Waals surface area contributed by atoms with Crippen molar-refractivity contribution in [2.45, 2.75) is 70.8 Å². The van der Waals surface area contributed by atoms with Crippen LogP contribution in [0.15, 0.2) is 0 Å². The van der Waals surface area contributed by atoms with Gasteiger partial charge in [0, 0.05) is 5.54 Å². The molecule has 1 unspecified atom stereocenters. The van der Waals surface area contributed by atoms with Crippen LogP contribution in [-0.2, 0) is 0 Å². The lowest BCUT2D eigenvalue weighted by Gasteiger charge is -2.33. The van der Waals surface area contributed by atoms with E-state index in [9.17, 15) is 0 Å². The van der Waals surface area contributed by atoms with E-state index in [1.165, 1.54) is 57.9 Å². The number of nitrogens with one attached hydrogen (secondary N) is 1. The molecule has 0 aromatic rings. The van der Waals surface area contributed by atoms with Gasteiger partial charge < -0.3 is 5.32 Å². The number of hydrogen-bond acceptors (Lipinski definition) is 1. The van der Waals surface area contributed by atoms with Crippen molar-refractivity contribution in [3.8, 4) is 0 Å². The van der Waals surface area contributed by atoms with Crippen LogP contribution in [0.5, 0.6) is 0 Å². The molecular weight excluding hydrogens is 158 g/mol. The monoisotopic (exact) mass is 183 g/mol. The SMILES string of the molecule is CCCCC1(CC)CCCCCN1. The quantitative estimate of drug-likeness (QED) is 0.703. The predicted molar refractivity (Wildman–Crippen MR) is 59.0 cm³/mol. The summed E-state index contributed by atoms with van der Waals surface area (Å²) < 4.78 is 0. The van der Waals surface area contributed by atoms with E-state index in [1.807, 2.05) is 0 Å². The van der Waals surface area contributed by atoms with Gasteiger partial charge in [-0.05, 0) is 32.2 Å². The summed E-state index contributed by atoms with van der Waals surface area (Å²) in [4.78, 5) is 0. The average molecular weight is 183 g/mol. The highest BCUT2D eigenvalue weighted by molar-refractivity contribution is 4.88. The molecule has 1 heteroatoms. The first-order chi connectivity index (χ1) is 6.33. The van der Waals surface area contributed by atoms with Crippen LogP contribution in [0, 0.1) is 0 Å². The van der Waals surface area contributed by atoms with E-state index < -0.39 is 0 Å².